The van der Waals surface area contributed by atoms with Gasteiger partial charge in [0.15, 0.2) is 6.54 Å². The van der Waals surface area contributed by atoms with Gasteiger partial charge in [-0.2, -0.15) is 0 Å². The molecule has 3 heterocycles. The number of amides is 2. The Morgan fingerprint density at radius 3 is 2.54 bits per heavy atom. The highest BCUT2D eigenvalue weighted by Gasteiger charge is 2.23. The summed E-state index contributed by atoms with van der Waals surface area (Å²) in [6, 6.07) is 1.79. The molecule has 0 saturated carbocycles. The zero-order valence-electron chi connectivity index (χ0n) is 14.6. The summed E-state index contributed by atoms with van der Waals surface area (Å²) in [5.41, 5.74) is 5.82. The second kappa shape index (κ2) is 8.68. The Hall–Kier alpha value is -2.59. The zero-order chi connectivity index (χ0) is 18.4. The van der Waals surface area contributed by atoms with Crippen molar-refractivity contribution in [1.29, 1.82) is 0 Å². The van der Waals surface area contributed by atoms with Crippen LogP contribution in [0.1, 0.15) is 10.7 Å². The number of carbonyl (C=O) groups excluding carboxylic acids is 2. The van der Waals surface area contributed by atoms with Gasteiger partial charge >= 0.3 is 0 Å². The molecule has 3 N–H and O–H groups in total. The quantitative estimate of drug-likeness (QED) is 0.540. The summed E-state index contributed by atoms with van der Waals surface area (Å²) in [6.45, 7) is 5.42. The third-order valence-corrected chi connectivity index (χ3v) is 5.00. The molecule has 1 aliphatic rings. The van der Waals surface area contributed by atoms with E-state index in [-0.39, 0.29) is 18.2 Å². The molecule has 0 aliphatic carbocycles. The first-order valence-electron chi connectivity index (χ1n) is 8.44. The number of aromatic nitrogens is 3. The first kappa shape index (κ1) is 18.2. The molecule has 10 heteroatoms. The summed E-state index contributed by atoms with van der Waals surface area (Å²) in [6.07, 6.45) is 3.62. The molecule has 1 aliphatic heterocycles. The van der Waals surface area contributed by atoms with Crippen molar-refractivity contribution in [2.75, 3.05) is 37.6 Å². The van der Waals surface area contributed by atoms with E-state index in [2.05, 4.69) is 30.7 Å². The van der Waals surface area contributed by atoms with Crippen LogP contribution in [0.25, 0.3) is 0 Å². The molecule has 0 unspecified atom stereocenters. The third kappa shape index (κ3) is 5.20. The van der Waals surface area contributed by atoms with Crippen LogP contribution in [-0.2, 0) is 16.0 Å². The van der Waals surface area contributed by atoms with E-state index < -0.39 is 0 Å². The van der Waals surface area contributed by atoms with E-state index in [0.717, 1.165) is 42.8 Å². The number of anilines is 1. The maximum atomic E-state index is 12.0. The van der Waals surface area contributed by atoms with Crippen LogP contribution in [0.15, 0.2) is 23.8 Å². The summed E-state index contributed by atoms with van der Waals surface area (Å²) in [5.74, 6) is 0.252. The molecule has 0 aromatic carbocycles. The van der Waals surface area contributed by atoms with E-state index in [1.54, 1.807) is 18.5 Å². The minimum Gasteiger partial charge on any atom is -0.330 e. The van der Waals surface area contributed by atoms with E-state index in [0.29, 0.717) is 6.54 Å². The van der Waals surface area contributed by atoms with Crippen LogP contribution in [0.2, 0.25) is 0 Å². The Bertz CT molecular complexity index is 744. The molecule has 0 spiro atoms. The summed E-state index contributed by atoms with van der Waals surface area (Å²) < 4.78 is 0. The number of nitrogens with one attached hydrogen (secondary N) is 3. The normalized spacial score (nSPS) is 14.9. The Labute approximate surface area is 155 Å². The molecule has 3 rings (SSSR count). The number of hydrogen-bond acceptors (Lipinski definition) is 7. The fourth-order valence-electron chi connectivity index (χ4n) is 2.73. The lowest BCUT2D eigenvalue weighted by Gasteiger charge is -2.31. The van der Waals surface area contributed by atoms with Gasteiger partial charge in [-0.25, -0.2) is 15.0 Å². The smallest absolute Gasteiger partial charge is 0.293 e. The Balaban J connectivity index is 1.36. The highest BCUT2D eigenvalue weighted by Crippen LogP contribution is 2.08. The maximum absolute atomic E-state index is 12.0. The van der Waals surface area contributed by atoms with Crippen molar-refractivity contribution in [3.63, 3.8) is 0 Å². The molecular weight excluding hydrogens is 354 g/mol. The molecule has 0 atom stereocenters. The number of hydrogen-bond donors (Lipinski definition) is 3. The number of aryl methyl sites for hydroxylation is 1. The number of piperazine rings is 1. The van der Waals surface area contributed by atoms with E-state index >= 15 is 0 Å². The van der Waals surface area contributed by atoms with E-state index in [9.17, 15) is 9.59 Å². The fourth-order valence-corrected chi connectivity index (χ4v) is 3.50. The monoisotopic (exact) mass is 376 g/mol. The summed E-state index contributed by atoms with van der Waals surface area (Å²) in [4.78, 5) is 39.9. The minimum atomic E-state index is -0.270. The standard InChI is InChI=1S/C16H21N7O2S/c1-12-11-26-15(19-12)9-13(24)20-21-14(25)10-22-5-7-23(8-6-22)16-17-3-2-4-18-16/h2-4,11H,5-10H2,1H3,(H,20,24)(H,21,25)/p+1. The van der Waals surface area contributed by atoms with Crippen LogP contribution < -0.4 is 20.7 Å². The first-order chi connectivity index (χ1) is 12.6. The molecule has 138 valence electrons. The lowest BCUT2D eigenvalue weighted by atomic mass is 10.3. The number of quaternary nitrogens is 1. The predicted molar refractivity (Wildman–Crippen MR) is 96.6 cm³/mol. The van der Waals surface area contributed by atoms with Gasteiger partial charge in [0.1, 0.15) is 5.01 Å². The molecule has 1 fully saturated rings. The van der Waals surface area contributed by atoms with Crippen LogP contribution in [-0.4, -0.2) is 59.5 Å². The Morgan fingerprint density at radius 2 is 1.88 bits per heavy atom. The number of carbonyl (C=O) groups is 2. The number of nitrogens with zero attached hydrogens (tertiary/aromatic N) is 4. The topological polar surface area (TPSA) is 105 Å². The lowest BCUT2D eigenvalue weighted by Crippen LogP contribution is -3.16. The van der Waals surface area contributed by atoms with E-state index in [4.69, 9.17) is 0 Å². The fraction of sp³-hybridized carbons (Fsp3) is 0.438. The van der Waals surface area contributed by atoms with Crippen LogP contribution >= 0.6 is 11.3 Å². The van der Waals surface area contributed by atoms with Crippen molar-refractivity contribution in [3.8, 4) is 0 Å². The Morgan fingerprint density at radius 1 is 1.19 bits per heavy atom. The van der Waals surface area contributed by atoms with E-state index in [1.165, 1.54) is 16.2 Å². The molecule has 2 aromatic rings. The van der Waals surface area contributed by atoms with E-state index in [1.807, 2.05) is 12.3 Å². The highest BCUT2D eigenvalue weighted by molar-refractivity contribution is 7.09. The van der Waals surface area contributed by atoms with Gasteiger partial charge in [-0.3, -0.25) is 20.4 Å². The second-order valence-corrected chi connectivity index (χ2v) is 7.06. The number of thiazole rings is 1. The van der Waals surface area contributed by atoms with Gasteiger partial charge in [0.2, 0.25) is 11.9 Å². The largest absolute Gasteiger partial charge is 0.330 e. The molecule has 9 nitrogen and oxygen atoms in total. The van der Waals surface area contributed by atoms with Gasteiger partial charge in [0, 0.05) is 23.5 Å². The van der Waals surface area contributed by atoms with Crippen LogP contribution in [0.3, 0.4) is 0 Å². The summed E-state index contributed by atoms with van der Waals surface area (Å²) in [5, 5.41) is 2.63. The van der Waals surface area contributed by atoms with Crippen LogP contribution in [0.5, 0.6) is 0 Å². The van der Waals surface area contributed by atoms with Gasteiger partial charge in [-0.15, -0.1) is 11.3 Å². The van der Waals surface area contributed by atoms with Gasteiger partial charge in [-0.05, 0) is 13.0 Å². The third-order valence-electron chi connectivity index (χ3n) is 4.04. The van der Waals surface area contributed by atoms with Crippen molar-refractivity contribution in [2.24, 2.45) is 0 Å². The first-order valence-corrected chi connectivity index (χ1v) is 9.32. The maximum Gasteiger partial charge on any atom is 0.293 e. The second-order valence-electron chi connectivity index (χ2n) is 6.12. The van der Waals surface area contributed by atoms with Gasteiger partial charge < -0.3 is 9.80 Å². The number of rotatable bonds is 5. The summed E-state index contributed by atoms with van der Waals surface area (Å²) >= 11 is 1.44. The average Bonchev–Trinajstić information content (AvgIpc) is 3.06. The predicted octanol–water partition coefficient (Wildman–Crippen LogP) is -1.66. The molecule has 2 aromatic heterocycles. The molecule has 0 bridgehead atoms. The molecule has 2 amide bonds. The zero-order valence-corrected chi connectivity index (χ0v) is 15.4. The molecule has 26 heavy (non-hydrogen) atoms. The minimum absolute atomic E-state index is 0.168. The van der Waals surface area contributed by atoms with Crippen LogP contribution in [0, 0.1) is 6.92 Å². The van der Waals surface area contributed by atoms with Gasteiger partial charge in [0.25, 0.3) is 5.91 Å². The number of hydrazine groups is 1. The molecule has 1 saturated heterocycles. The van der Waals surface area contributed by atoms with Crippen LogP contribution in [0.4, 0.5) is 5.95 Å². The van der Waals surface area contributed by atoms with Crippen molar-refractivity contribution >= 4 is 29.1 Å². The van der Waals surface area contributed by atoms with Crippen molar-refractivity contribution in [1.82, 2.24) is 25.8 Å². The van der Waals surface area contributed by atoms with Crippen molar-refractivity contribution < 1.29 is 14.5 Å². The SMILES string of the molecule is Cc1csc(CC(=O)NNC(=O)C[NH+]2CCN(c3ncccn3)CC2)n1. The van der Waals surface area contributed by atoms with Crippen molar-refractivity contribution in [2.45, 2.75) is 13.3 Å². The van der Waals surface area contributed by atoms with Gasteiger partial charge in [-0.1, -0.05) is 0 Å². The molecular formula is C16H22N7O2S+. The highest BCUT2D eigenvalue weighted by atomic mass is 32.1. The molecule has 0 radical (unpaired) electrons. The van der Waals surface area contributed by atoms with Gasteiger partial charge in [0.05, 0.1) is 32.6 Å². The van der Waals surface area contributed by atoms with Crippen molar-refractivity contribution in [3.05, 3.63) is 34.5 Å². The Kier molecular flexibility index (Phi) is 6.08. The average molecular weight is 376 g/mol. The summed E-state index contributed by atoms with van der Waals surface area (Å²) in [7, 11) is 0. The lowest BCUT2D eigenvalue weighted by molar-refractivity contribution is -0.892.